The molecule has 0 aliphatic heterocycles. The molecule has 0 heterocycles. The average Bonchev–Trinajstić information content (AvgIpc) is 2.60. The SMILES string of the molecule is CC=C(C)/C(CBr)=C(\OC)c1ccc(-c2ccccc2)cc1. The first-order valence-corrected chi connectivity index (χ1v) is 8.45. The van der Waals surface area contributed by atoms with E-state index in [0.717, 1.165) is 16.7 Å². The van der Waals surface area contributed by atoms with Crippen molar-refractivity contribution in [2.45, 2.75) is 13.8 Å². The summed E-state index contributed by atoms with van der Waals surface area (Å²) in [7, 11) is 1.73. The van der Waals surface area contributed by atoms with E-state index in [1.807, 2.05) is 13.0 Å². The summed E-state index contributed by atoms with van der Waals surface area (Å²) in [5.41, 5.74) is 5.93. The minimum Gasteiger partial charge on any atom is -0.496 e. The van der Waals surface area contributed by atoms with Gasteiger partial charge in [-0.2, -0.15) is 0 Å². The molecule has 0 radical (unpaired) electrons. The van der Waals surface area contributed by atoms with Crippen LogP contribution in [0.1, 0.15) is 19.4 Å². The lowest BCUT2D eigenvalue weighted by Crippen LogP contribution is -1.98. The van der Waals surface area contributed by atoms with Crippen LogP contribution in [0.3, 0.4) is 0 Å². The van der Waals surface area contributed by atoms with Gasteiger partial charge in [0, 0.05) is 16.5 Å². The number of halogens is 1. The Morgan fingerprint density at radius 1 is 1.00 bits per heavy atom. The van der Waals surface area contributed by atoms with Gasteiger partial charge in [0.25, 0.3) is 0 Å². The van der Waals surface area contributed by atoms with Gasteiger partial charge in [0.05, 0.1) is 7.11 Å². The first kappa shape index (κ1) is 16.6. The highest BCUT2D eigenvalue weighted by atomic mass is 79.9. The third kappa shape index (κ3) is 3.69. The maximum absolute atomic E-state index is 5.67. The highest BCUT2D eigenvalue weighted by molar-refractivity contribution is 9.09. The predicted molar refractivity (Wildman–Crippen MR) is 99.0 cm³/mol. The fourth-order valence-corrected chi connectivity index (χ4v) is 3.08. The van der Waals surface area contributed by atoms with E-state index in [4.69, 9.17) is 4.74 Å². The molecule has 0 bridgehead atoms. The first-order valence-electron chi connectivity index (χ1n) is 7.33. The average molecular weight is 357 g/mol. The van der Waals surface area contributed by atoms with Crippen LogP contribution in [0.2, 0.25) is 0 Å². The van der Waals surface area contributed by atoms with Crippen LogP contribution in [-0.2, 0) is 4.74 Å². The Morgan fingerprint density at radius 3 is 2.09 bits per heavy atom. The summed E-state index contributed by atoms with van der Waals surface area (Å²) in [5.74, 6) is 0.923. The second kappa shape index (κ2) is 8.00. The van der Waals surface area contributed by atoms with Crippen LogP contribution in [0.5, 0.6) is 0 Å². The number of hydrogen-bond donors (Lipinski definition) is 0. The normalized spacial score (nSPS) is 12.8. The third-order valence-electron chi connectivity index (χ3n) is 3.78. The summed E-state index contributed by atoms with van der Waals surface area (Å²) < 4.78 is 5.67. The molecule has 0 fully saturated rings. The van der Waals surface area contributed by atoms with Gasteiger partial charge < -0.3 is 4.74 Å². The van der Waals surface area contributed by atoms with Crippen LogP contribution in [0.4, 0.5) is 0 Å². The minimum absolute atomic E-state index is 0.771. The molecule has 2 aromatic rings. The number of ether oxygens (including phenoxy) is 1. The van der Waals surface area contributed by atoms with Crippen molar-refractivity contribution in [3.63, 3.8) is 0 Å². The van der Waals surface area contributed by atoms with Gasteiger partial charge in [-0.25, -0.2) is 0 Å². The van der Waals surface area contributed by atoms with E-state index in [9.17, 15) is 0 Å². The van der Waals surface area contributed by atoms with Crippen LogP contribution in [0.15, 0.2) is 71.8 Å². The van der Waals surface area contributed by atoms with Gasteiger partial charge in [-0.3, -0.25) is 0 Å². The largest absolute Gasteiger partial charge is 0.496 e. The summed E-state index contributed by atoms with van der Waals surface area (Å²) in [6.07, 6.45) is 2.11. The van der Waals surface area contributed by atoms with Crippen molar-refractivity contribution in [1.82, 2.24) is 0 Å². The lowest BCUT2D eigenvalue weighted by atomic mass is 10.00. The molecular weight excluding hydrogens is 336 g/mol. The molecular formula is C20H21BrO. The molecule has 0 amide bonds. The van der Waals surface area contributed by atoms with Crippen LogP contribution < -0.4 is 0 Å². The van der Waals surface area contributed by atoms with Gasteiger partial charge in [0.2, 0.25) is 0 Å². The molecule has 0 saturated carbocycles. The van der Waals surface area contributed by atoms with E-state index >= 15 is 0 Å². The Balaban J connectivity index is 2.42. The van der Waals surface area contributed by atoms with E-state index < -0.39 is 0 Å². The molecule has 22 heavy (non-hydrogen) atoms. The molecule has 0 aliphatic rings. The van der Waals surface area contributed by atoms with Gasteiger partial charge in [0.15, 0.2) is 0 Å². The maximum Gasteiger partial charge on any atom is 0.130 e. The van der Waals surface area contributed by atoms with Crippen LogP contribution in [0.25, 0.3) is 16.9 Å². The van der Waals surface area contributed by atoms with E-state index in [2.05, 4.69) is 77.5 Å². The summed E-state index contributed by atoms with van der Waals surface area (Å²) in [5, 5.41) is 0.771. The van der Waals surface area contributed by atoms with Crippen LogP contribution in [-0.4, -0.2) is 12.4 Å². The topological polar surface area (TPSA) is 9.23 Å². The number of alkyl halides is 1. The Labute approximate surface area is 141 Å². The Hall–Kier alpha value is -1.80. The molecule has 0 aromatic heterocycles. The molecule has 0 N–H and O–H groups in total. The maximum atomic E-state index is 5.67. The van der Waals surface area contributed by atoms with E-state index in [1.165, 1.54) is 22.3 Å². The monoisotopic (exact) mass is 356 g/mol. The van der Waals surface area contributed by atoms with Gasteiger partial charge in [0.1, 0.15) is 5.76 Å². The molecule has 0 atom stereocenters. The molecule has 2 rings (SSSR count). The van der Waals surface area contributed by atoms with Gasteiger partial charge in [-0.05, 0) is 30.5 Å². The molecule has 0 aliphatic carbocycles. The van der Waals surface area contributed by atoms with Crippen molar-refractivity contribution in [3.8, 4) is 11.1 Å². The highest BCUT2D eigenvalue weighted by Crippen LogP contribution is 2.28. The number of benzene rings is 2. The van der Waals surface area contributed by atoms with Gasteiger partial charge in [-0.1, -0.05) is 76.6 Å². The Bertz CT molecular complexity index is 667. The second-order valence-electron chi connectivity index (χ2n) is 5.06. The zero-order valence-electron chi connectivity index (χ0n) is 13.3. The number of methoxy groups -OCH3 is 1. The van der Waals surface area contributed by atoms with E-state index in [1.54, 1.807) is 7.11 Å². The second-order valence-corrected chi connectivity index (χ2v) is 5.62. The lowest BCUT2D eigenvalue weighted by molar-refractivity contribution is 0.367. The van der Waals surface area contributed by atoms with Crippen LogP contribution in [0, 0.1) is 0 Å². The fourth-order valence-electron chi connectivity index (χ4n) is 2.38. The lowest BCUT2D eigenvalue weighted by Gasteiger charge is -2.14. The third-order valence-corrected chi connectivity index (χ3v) is 4.34. The zero-order chi connectivity index (χ0) is 15.9. The van der Waals surface area contributed by atoms with Crippen molar-refractivity contribution in [3.05, 3.63) is 77.4 Å². The molecule has 1 nitrogen and oxygen atoms in total. The Morgan fingerprint density at radius 2 is 1.59 bits per heavy atom. The summed E-state index contributed by atoms with van der Waals surface area (Å²) >= 11 is 3.57. The highest BCUT2D eigenvalue weighted by Gasteiger charge is 2.11. The van der Waals surface area contributed by atoms with E-state index in [0.29, 0.717) is 0 Å². The van der Waals surface area contributed by atoms with Gasteiger partial charge >= 0.3 is 0 Å². The molecule has 114 valence electrons. The molecule has 0 saturated heterocycles. The van der Waals surface area contributed by atoms with Crippen molar-refractivity contribution < 1.29 is 4.74 Å². The quantitative estimate of drug-likeness (QED) is 0.358. The number of allylic oxidation sites excluding steroid dienone is 3. The van der Waals surface area contributed by atoms with Crippen molar-refractivity contribution in [1.29, 1.82) is 0 Å². The first-order chi connectivity index (χ1) is 10.7. The van der Waals surface area contributed by atoms with E-state index in [-0.39, 0.29) is 0 Å². The standard InChI is InChI=1S/C20H21BrO/c1-4-15(2)19(14-21)20(22-3)18-12-10-17(11-13-18)16-8-6-5-7-9-16/h4-13H,14H2,1-3H3/b15-4?,20-19-. The smallest absolute Gasteiger partial charge is 0.130 e. The zero-order valence-corrected chi connectivity index (χ0v) is 14.9. The summed E-state index contributed by atoms with van der Waals surface area (Å²) in [6.45, 7) is 4.15. The number of rotatable bonds is 5. The fraction of sp³-hybridized carbons (Fsp3) is 0.200. The van der Waals surface area contributed by atoms with Crippen molar-refractivity contribution in [2.75, 3.05) is 12.4 Å². The van der Waals surface area contributed by atoms with Crippen molar-refractivity contribution in [2.24, 2.45) is 0 Å². The molecule has 2 heteroatoms. The molecule has 2 aromatic carbocycles. The predicted octanol–water partition coefficient (Wildman–Crippen LogP) is 6.07. The van der Waals surface area contributed by atoms with Gasteiger partial charge in [-0.15, -0.1) is 0 Å². The Kier molecular flexibility index (Phi) is 6.02. The molecule has 0 unspecified atom stereocenters. The van der Waals surface area contributed by atoms with Crippen LogP contribution >= 0.6 is 15.9 Å². The number of hydrogen-bond acceptors (Lipinski definition) is 1. The summed E-state index contributed by atoms with van der Waals surface area (Å²) in [6, 6.07) is 18.9. The minimum atomic E-state index is 0.771. The molecule has 0 spiro atoms. The van der Waals surface area contributed by atoms with Crippen molar-refractivity contribution >= 4 is 21.7 Å². The summed E-state index contributed by atoms with van der Waals surface area (Å²) in [4.78, 5) is 0.